The molecule has 0 aliphatic carbocycles. The molecule has 0 aromatic carbocycles. The van der Waals surface area contributed by atoms with E-state index in [9.17, 15) is 4.79 Å². The van der Waals surface area contributed by atoms with Crippen LogP contribution in [0.15, 0.2) is 12.3 Å². The standard InChI is InChI=1S/C14H23NO3Si/c1-9-7-10(13(16)17)8-15-11(9)12(14(2,3)4)18-19(5)6/h7-8,12,19H,1-6H3,(H,16,17). The highest BCUT2D eigenvalue weighted by Crippen LogP contribution is 2.37. The molecule has 0 spiro atoms. The smallest absolute Gasteiger partial charge is 0.337 e. The van der Waals surface area contributed by atoms with E-state index in [0.717, 1.165) is 11.3 Å². The molecule has 5 heteroatoms. The van der Waals surface area contributed by atoms with Crippen molar-refractivity contribution in [3.05, 3.63) is 29.1 Å². The van der Waals surface area contributed by atoms with E-state index in [0.29, 0.717) is 0 Å². The fraction of sp³-hybridized carbons (Fsp3) is 0.571. The lowest BCUT2D eigenvalue weighted by Crippen LogP contribution is -2.27. The Morgan fingerprint density at radius 2 is 2.00 bits per heavy atom. The number of nitrogens with zero attached hydrogens (tertiary/aromatic N) is 1. The number of carboxylic acids is 1. The number of aromatic nitrogens is 1. The van der Waals surface area contributed by atoms with Gasteiger partial charge in [-0.15, -0.1) is 0 Å². The molecule has 106 valence electrons. The Morgan fingerprint density at radius 3 is 2.37 bits per heavy atom. The molecule has 1 atom stereocenters. The minimum absolute atomic E-state index is 0.0697. The minimum atomic E-state index is -1.21. The van der Waals surface area contributed by atoms with E-state index in [4.69, 9.17) is 9.53 Å². The van der Waals surface area contributed by atoms with E-state index in [1.54, 1.807) is 6.07 Å². The second-order valence-corrected chi connectivity index (χ2v) is 8.53. The number of pyridine rings is 1. The summed E-state index contributed by atoms with van der Waals surface area (Å²) in [4.78, 5) is 15.3. The summed E-state index contributed by atoms with van der Waals surface area (Å²) in [7, 11) is -1.21. The van der Waals surface area contributed by atoms with Gasteiger partial charge in [-0.25, -0.2) is 4.79 Å². The molecule has 0 bridgehead atoms. The quantitative estimate of drug-likeness (QED) is 0.861. The lowest BCUT2D eigenvalue weighted by atomic mass is 9.85. The largest absolute Gasteiger partial charge is 0.478 e. The molecule has 0 aliphatic rings. The van der Waals surface area contributed by atoms with Crippen LogP contribution in [0.5, 0.6) is 0 Å². The van der Waals surface area contributed by atoms with E-state index in [-0.39, 0.29) is 17.1 Å². The first kappa shape index (κ1) is 15.9. The zero-order valence-electron chi connectivity index (χ0n) is 12.5. The summed E-state index contributed by atoms with van der Waals surface area (Å²) in [6, 6.07) is 1.66. The number of carbonyl (C=O) groups is 1. The highest BCUT2D eigenvalue weighted by Gasteiger charge is 2.30. The molecule has 1 unspecified atom stereocenters. The number of aromatic carboxylic acids is 1. The van der Waals surface area contributed by atoms with Gasteiger partial charge in [-0.2, -0.15) is 0 Å². The van der Waals surface area contributed by atoms with Crippen molar-refractivity contribution in [2.75, 3.05) is 0 Å². The average Bonchev–Trinajstić information content (AvgIpc) is 2.24. The van der Waals surface area contributed by atoms with Crippen LogP contribution in [0.3, 0.4) is 0 Å². The highest BCUT2D eigenvalue weighted by molar-refractivity contribution is 6.48. The molecule has 1 aromatic heterocycles. The first-order valence-electron chi connectivity index (χ1n) is 6.48. The van der Waals surface area contributed by atoms with E-state index in [2.05, 4.69) is 38.8 Å². The van der Waals surface area contributed by atoms with E-state index in [1.807, 2.05) is 6.92 Å². The van der Waals surface area contributed by atoms with Crippen molar-refractivity contribution >= 4 is 15.0 Å². The minimum Gasteiger partial charge on any atom is -0.478 e. The fourth-order valence-corrected chi connectivity index (χ4v) is 3.01. The lowest BCUT2D eigenvalue weighted by Gasteiger charge is -2.33. The lowest BCUT2D eigenvalue weighted by molar-refractivity contribution is 0.0694. The van der Waals surface area contributed by atoms with Gasteiger partial charge in [0.05, 0.1) is 17.4 Å². The summed E-state index contributed by atoms with van der Waals surface area (Å²) in [6.07, 6.45) is 1.32. The van der Waals surface area contributed by atoms with Gasteiger partial charge in [0.15, 0.2) is 9.04 Å². The Hall–Kier alpha value is -1.20. The Kier molecular flexibility index (Phi) is 4.87. The first-order valence-corrected chi connectivity index (χ1v) is 9.26. The summed E-state index contributed by atoms with van der Waals surface area (Å²) in [5.74, 6) is -0.950. The van der Waals surface area contributed by atoms with Gasteiger partial charge in [0, 0.05) is 6.20 Å². The Morgan fingerprint density at radius 1 is 1.42 bits per heavy atom. The zero-order chi connectivity index (χ0) is 14.8. The van der Waals surface area contributed by atoms with Crippen LogP contribution in [0.25, 0.3) is 0 Å². The SMILES string of the molecule is Cc1cc(C(=O)O)cnc1C(O[SiH](C)C)C(C)(C)C. The van der Waals surface area contributed by atoms with Gasteiger partial charge in [-0.05, 0) is 37.1 Å². The summed E-state index contributed by atoms with van der Waals surface area (Å²) in [6.45, 7) is 12.5. The third-order valence-corrected chi connectivity index (χ3v) is 3.63. The van der Waals surface area contributed by atoms with Gasteiger partial charge in [0.25, 0.3) is 0 Å². The number of hydrogen-bond acceptors (Lipinski definition) is 3. The van der Waals surface area contributed by atoms with Gasteiger partial charge in [0.2, 0.25) is 0 Å². The predicted octanol–water partition coefficient (Wildman–Crippen LogP) is 3.18. The second-order valence-electron chi connectivity index (χ2n) is 6.16. The third-order valence-electron chi connectivity index (χ3n) is 2.81. The van der Waals surface area contributed by atoms with Crippen molar-refractivity contribution in [2.45, 2.75) is 46.9 Å². The Labute approximate surface area is 116 Å². The molecule has 0 aliphatic heterocycles. The third kappa shape index (κ3) is 4.14. The molecule has 1 N–H and O–H groups in total. The maximum Gasteiger partial charge on any atom is 0.337 e. The molecule has 0 radical (unpaired) electrons. The maximum atomic E-state index is 10.9. The summed E-state index contributed by atoms with van der Waals surface area (Å²) in [5.41, 5.74) is 1.86. The van der Waals surface area contributed by atoms with Crippen molar-refractivity contribution in [2.24, 2.45) is 5.41 Å². The van der Waals surface area contributed by atoms with E-state index >= 15 is 0 Å². The molecule has 0 fully saturated rings. The molecule has 0 amide bonds. The summed E-state index contributed by atoms with van der Waals surface area (Å²) < 4.78 is 6.11. The van der Waals surface area contributed by atoms with Gasteiger partial charge in [0.1, 0.15) is 0 Å². The number of carboxylic acid groups (broad SMARTS) is 1. The zero-order valence-corrected chi connectivity index (χ0v) is 13.7. The fourth-order valence-electron chi connectivity index (χ4n) is 1.93. The van der Waals surface area contributed by atoms with E-state index < -0.39 is 15.0 Å². The van der Waals surface area contributed by atoms with Crippen LogP contribution in [-0.4, -0.2) is 25.1 Å². The predicted molar refractivity (Wildman–Crippen MR) is 78.1 cm³/mol. The van der Waals surface area contributed by atoms with Crippen LogP contribution < -0.4 is 0 Å². The molecular formula is C14H23NO3Si. The van der Waals surface area contributed by atoms with Crippen LogP contribution in [-0.2, 0) is 4.43 Å². The van der Waals surface area contributed by atoms with Gasteiger partial charge >= 0.3 is 5.97 Å². The van der Waals surface area contributed by atoms with Crippen LogP contribution in [0, 0.1) is 12.3 Å². The van der Waals surface area contributed by atoms with Crippen LogP contribution in [0.1, 0.15) is 48.5 Å². The molecule has 4 nitrogen and oxygen atoms in total. The summed E-state index contributed by atoms with van der Waals surface area (Å²) >= 11 is 0. The Bertz CT molecular complexity index is 466. The van der Waals surface area contributed by atoms with Gasteiger partial charge in [-0.3, -0.25) is 4.98 Å². The maximum absolute atomic E-state index is 10.9. The van der Waals surface area contributed by atoms with E-state index in [1.165, 1.54) is 6.20 Å². The molecule has 1 rings (SSSR count). The molecule has 1 aromatic rings. The first-order chi connectivity index (χ1) is 8.62. The van der Waals surface area contributed by atoms with Crippen molar-refractivity contribution in [1.82, 2.24) is 4.98 Å². The monoisotopic (exact) mass is 281 g/mol. The van der Waals surface area contributed by atoms with Crippen molar-refractivity contribution in [3.8, 4) is 0 Å². The number of aryl methyl sites for hydroxylation is 1. The normalized spacial score (nSPS) is 13.6. The van der Waals surface area contributed by atoms with Crippen LogP contribution >= 0.6 is 0 Å². The topological polar surface area (TPSA) is 59.4 Å². The molecule has 0 saturated carbocycles. The number of rotatable bonds is 4. The molecular weight excluding hydrogens is 258 g/mol. The highest BCUT2D eigenvalue weighted by atomic mass is 28.3. The Balaban J connectivity index is 3.20. The molecule has 0 saturated heterocycles. The van der Waals surface area contributed by atoms with Crippen molar-refractivity contribution < 1.29 is 14.3 Å². The van der Waals surface area contributed by atoms with Crippen LogP contribution in [0.2, 0.25) is 13.1 Å². The molecule has 1 heterocycles. The van der Waals surface area contributed by atoms with Crippen LogP contribution in [0.4, 0.5) is 0 Å². The van der Waals surface area contributed by atoms with Gasteiger partial charge < -0.3 is 9.53 Å². The van der Waals surface area contributed by atoms with Gasteiger partial charge in [-0.1, -0.05) is 20.8 Å². The average molecular weight is 281 g/mol. The second kappa shape index (κ2) is 5.84. The summed E-state index contributed by atoms with van der Waals surface area (Å²) in [5, 5.41) is 8.98. The molecule has 19 heavy (non-hydrogen) atoms. The van der Waals surface area contributed by atoms with Crippen molar-refractivity contribution in [1.29, 1.82) is 0 Å². The number of hydrogen-bond donors (Lipinski definition) is 1. The van der Waals surface area contributed by atoms with Crippen molar-refractivity contribution in [3.63, 3.8) is 0 Å².